The number of alkyl halides is 3. The van der Waals surface area contributed by atoms with E-state index in [1.807, 2.05) is 67.6 Å². The van der Waals surface area contributed by atoms with Crippen molar-refractivity contribution in [1.29, 1.82) is 0 Å². The monoisotopic (exact) mass is 555 g/mol. The summed E-state index contributed by atoms with van der Waals surface area (Å²) in [4.78, 5) is 12.6. The van der Waals surface area contributed by atoms with Gasteiger partial charge in [0.2, 0.25) is 0 Å². The topological polar surface area (TPSA) is 63.0 Å². The van der Waals surface area contributed by atoms with Gasteiger partial charge in [0.05, 0.1) is 0 Å². The van der Waals surface area contributed by atoms with Gasteiger partial charge in [0.1, 0.15) is 17.3 Å². The lowest BCUT2D eigenvalue weighted by Crippen LogP contribution is -2.47. The van der Waals surface area contributed by atoms with Gasteiger partial charge in [-0.15, -0.1) is 22.6 Å². The van der Waals surface area contributed by atoms with Crippen LogP contribution in [0, 0.1) is 0 Å². The van der Waals surface area contributed by atoms with Gasteiger partial charge in [-0.05, 0) is 13.0 Å². The van der Waals surface area contributed by atoms with Crippen LogP contribution in [0.2, 0.25) is 0 Å². The van der Waals surface area contributed by atoms with Crippen LogP contribution in [-0.4, -0.2) is 68.1 Å². The molecule has 3 aromatic rings. The van der Waals surface area contributed by atoms with Crippen LogP contribution in [0.4, 0.5) is 19.0 Å². The molecule has 12 heteroatoms. The van der Waals surface area contributed by atoms with Crippen LogP contribution in [0.3, 0.4) is 0 Å². The molecular weight excluding hydrogens is 523 g/mol. The molecule has 0 unspecified atom stereocenters. The molecular formula is C25H33ClF3N7S. The minimum Gasteiger partial charge on any atom is -0.354 e. The number of piperazine rings is 1. The van der Waals surface area contributed by atoms with E-state index in [4.69, 9.17) is 0 Å². The first-order chi connectivity index (χ1) is 17.0. The fourth-order valence-electron chi connectivity index (χ4n) is 4.01. The summed E-state index contributed by atoms with van der Waals surface area (Å²) in [5.74, 6) is 2.33. The molecule has 1 aliphatic heterocycles. The fourth-order valence-corrected chi connectivity index (χ4v) is 4.84. The number of nitrogens with zero attached hydrogens (tertiary/aromatic N) is 7. The second-order valence-corrected chi connectivity index (χ2v) is 11.0. The minimum absolute atomic E-state index is 0. The molecule has 0 N–H and O–H groups in total. The lowest BCUT2D eigenvalue weighted by molar-refractivity contribution is -0.141. The zero-order chi connectivity index (χ0) is 25.9. The number of aromatic nitrogens is 5. The quantitative estimate of drug-likeness (QED) is 0.289. The molecule has 202 valence electrons. The van der Waals surface area contributed by atoms with Gasteiger partial charge in [0, 0.05) is 56.0 Å². The highest BCUT2D eigenvalue weighted by Gasteiger charge is 2.36. The van der Waals surface area contributed by atoms with Crippen molar-refractivity contribution >= 4 is 30.0 Å². The Morgan fingerprint density at radius 1 is 0.946 bits per heavy atom. The van der Waals surface area contributed by atoms with Gasteiger partial charge in [-0.3, -0.25) is 4.90 Å². The lowest BCUT2D eigenvalue weighted by Gasteiger charge is -2.36. The molecule has 37 heavy (non-hydrogen) atoms. The van der Waals surface area contributed by atoms with Gasteiger partial charge < -0.3 is 9.47 Å². The SMILES string of the molecule is Cl.Cn1c(SCCCN2CCN(c3cc(C(F)(F)F)nc(C(C)(C)C)n3)CC2)nnc1-c1ccccc1. The molecule has 1 aliphatic rings. The average molecular weight is 556 g/mol. The summed E-state index contributed by atoms with van der Waals surface area (Å²) in [6.07, 6.45) is -3.51. The molecule has 0 radical (unpaired) electrons. The van der Waals surface area contributed by atoms with Crippen molar-refractivity contribution in [3.8, 4) is 11.4 Å². The number of anilines is 1. The Balaban J connectivity index is 0.00000380. The van der Waals surface area contributed by atoms with Gasteiger partial charge in [-0.1, -0.05) is 62.9 Å². The van der Waals surface area contributed by atoms with E-state index in [2.05, 4.69) is 25.1 Å². The van der Waals surface area contributed by atoms with E-state index < -0.39 is 17.3 Å². The van der Waals surface area contributed by atoms with E-state index in [0.29, 0.717) is 18.9 Å². The molecule has 1 aromatic carbocycles. The molecule has 0 saturated carbocycles. The highest BCUT2D eigenvalue weighted by atomic mass is 35.5. The number of hydrogen-bond acceptors (Lipinski definition) is 7. The normalized spacial score (nSPS) is 15.1. The average Bonchev–Trinajstić information content (AvgIpc) is 3.21. The zero-order valence-corrected chi connectivity index (χ0v) is 23.1. The Kier molecular flexibility index (Phi) is 9.47. The minimum atomic E-state index is -4.50. The third kappa shape index (κ3) is 7.36. The number of hydrogen-bond donors (Lipinski definition) is 0. The third-order valence-electron chi connectivity index (χ3n) is 6.09. The first-order valence-corrected chi connectivity index (χ1v) is 13.0. The molecule has 1 fully saturated rings. The van der Waals surface area contributed by atoms with Crippen molar-refractivity contribution < 1.29 is 13.2 Å². The van der Waals surface area contributed by atoms with E-state index in [1.165, 1.54) is 0 Å². The molecule has 0 bridgehead atoms. The molecule has 7 nitrogen and oxygen atoms in total. The van der Waals surface area contributed by atoms with Crippen molar-refractivity contribution in [3.05, 3.63) is 47.9 Å². The van der Waals surface area contributed by atoms with Crippen molar-refractivity contribution in [1.82, 2.24) is 29.6 Å². The predicted molar refractivity (Wildman–Crippen MR) is 143 cm³/mol. The van der Waals surface area contributed by atoms with Crippen LogP contribution in [0.25, 0.3) is 11.4 Å². The van der Waals surface area contributed by atoms with E-state index in [0.717, 1.165) is 54.4 Å². The highest BCUT2D eigenvalue weighted by molar-refractivity contribution is 7.99. The number of thioether (sulfide) groups is 1. The van der Waals surface area contributed by atoms with Crippen molar-refractivity contribution in [2.45, 2.75) is 43.9 Å². The summed E-state index contributed by atoms with van der Waals surface area (Å²) in [7, 11) is 1.98. The van der Waals surface area contributed by atoms with Gasteiger partial charge in [0.25, 0.3) is 0 Å². The maximum absolute atomic E-state index is 13.4. The van der Waals surface area contributed by atoms with E-state index in [9.17, 15) is 13.2 Å². The molecule has 0 aliphatic carbocycles. The van der Waals surface area contributed by atoms with Gasteiger partial charge in [0.15, 0.2) is 11.0 Å². The predicted octanol–water partition coefficient (Wildman–Crippen LogP) is 5.31. The zero-order valence-electron chi connectivity index (χ0n) is 21.5. The second-order valence-electron chi connectivity index (χ2n) is 9.94. The maximum atomic E-state index is 13.4. The van der Waals surface area contributed by atoms with Gasteiger partial charge >= 0.3 is 6.18 Å². The first-order valence-electron chi connectivity index (χ1n) is 12.0. The Bertz CT molecular complexity index is 1130. The third-order valence-corrected chi connectivity index (χ3v) is 7.19. The summed E-state index contributed by atoms with van der Waals surface area (Å²) >= 11 is 1.69. The fraction of sp³-hybridized carbons (Fsp3) is 0.520. The lowest BCUT2D eigenvalue weighted by atomic mass is 9.95. The Morgan fingerprint density at radius 2 is 1.62 bits per heavy atom. The summed E-state index contributed by atoms with van der Waals surface area (Å²) in [6.45, 7) is 9.23. The van der Waals surface area contributed by atoms with Gasteiger partial charge in [-0.25, -0.2) is 9.97 Å². The number of benzene rings is 1. The summed E-state index contributed by atoms with van der Waals surface area (Å²) < 4.78 is 42.3. The molecule has 4 rings (SSSR count). The van der Waals surface area contributed by atoms with E-state index in [1.54, 1.807) is 11.8 Å². The van der Waals surface area contributed by atoms with Crippen LogP contribution in [0.15, 0.2) is 41.6 Å². The van der Waals surface area contributed by atoms with Crippen molar-refractivity contribution in [3.63, 3.8) is 0 Å². The Labute approximate surface area is 226 Å². The summed E-state index contributed by atoms with van der Waals surface area (Å²) in [5.41, 5.74) is -0.408. The van der Waals surface area contributed by atoms with E-state index >= 15 is 0 Å². The van der Waals surface area contributed by atoms with Crippen molar-refractivity contribution in [2.24, 2.45) is 7.05 Å². The van der Waals surface area contributed by atoms with Crippen LogP contribution in [-0.2, 0) is 18.6 Å². The molecule has 1 saturated heterocycles. The molecule has 3 heterocycles. The summed E-state index contributed by atoms with van der Waals surface area (Å²) in [5, 5.41) is 9.55. The molecule has 2 aromatic heterocycles. The summed E-state index contributed by atoms with van der Waals surface area (Å²) in [6, 6.07) is 11.1. The molecule has 0 amide bonds. The van der Waals surface area contributed by atoms with Crippen LogP contribution in [0.5, 0.6) is 0 Å². The smallest absolute Gasteiger partial charge is 0.354 e. The van der Waals surface area contributed by atoms with Gasteiger partial charge in [-0.2, -0.15) is 13.2 Å². The van der Waals surface area contributed by atoms with Crippen LogP contribution < -0.4 is 4.90 Å². The molecule has 0 spiro atoms. The second kappa shape index (κ2) is 12.0. The Hall–Kier alpha value is -2.37. The maximum Gasteiger partial charge on any atom is 0.433 e. The van der Waals surface area contributed by atoms with Crippen molar-refractivity contribution in [2.75, 3.05) is 43.4 Å². The largest absolute Gasteiger partial charge is 0.433 e. The Morgan fingerprint density at radius 3 is 2.24 bits per heavy atom. The van der Waals surface area contributed by atoms with Crippen LogP contribution >= 0.6 is 24.2 Å². The van der Waals surface area contributed by atoms with Crippen LogP contribution in [0.1, 0.15) is 38.7 Å². The molecule has 0 atom stereocenters. The number of rotatable bonds is 7. The first kappa shape index (κ1) is 29.2. The standard InChI is InChI=1S/C25H32F3N7S.ClH/c1-24(2,3)22-29-19(25(26,27)28)17-20(30-22)35-14-12-34(13-15-35)11-8-16-36-23-32-31-21(33(23)4)18-9-6-5-7-10-18;/h5-7,9-10,17H,8,11-16H2,1-4H3;1H. The van der Waals surface area contributed by atoms with E-state index in [-0.39, 0.29) is 18.2 Å². The highest BCUT2D eigenvalue weighted by Crippen LogP contribution is 2.32. The number of halogens is 4.